The number of carbonyl (C=O) groups is 1. The fraction of sp³-hybridized carbons (Fsp3) is 0.280. The smallest absolute Gasteiger partial charge is 0.237 e. The Morgan fingerprint density at radius 2 is 1.97 bits per heavy atom. The molecule has 4 rings (SSSR count). The van der Waals surface area contributed by atoms with Crippen molar-refractivity contribution in [3.63, 3.8) is 0 Å². The van der Waals surface area contributed by atoms with Gasteiger partial charge in [0, 0.05) is 18.9 Å². The summed E-state index contributed by atoms with van der Waals surface area (Å²) in [5.74, 6) is 0.0140. The second-order valence-electron chi connectivity index (χ2n) is 7.71. The summed E-state index contributed by atoms with van der Waals surface area (Å²) < 4.78 is 5.98. The average Bonchev–Trinajstić information content (AvgIpc) is 3.28. The van der Waals surface area contributed by atoms with Crippen LogP contribution in [-0.2, 0) is 16.1 Å². The molecule has 2 heterocycles. The van der Waals surface area contributed by atoms with E-state index in [1.165, 1.54) is 0 Å². The van der Waals surface area contributed by atoms with Crippen LogP contribution in [0.5, 0.6) is 0 Å². The van der Waals surface area contributed by atoms with Gasteiger partial charge in [0.2, 0.25) is 5.91 Å². The number of hydrogen-bond donors (Lipinski definition) is 2. The number of pyridine rings is 1. The van der Waals surface area contributed by atoms with Crippen LogP contribution in [0.25, 0.3) is 11.1 Å². The molecule has 1 amide bonds. The molecule has 154 valence electrons. The van der Waals surface area contributed by atoms with Crippen molar-refractivity contribution >= 4 is 5.91 Å². The van der Waals surface area contributed by atoms with E-state index < -0.39 is 0 Å². The second-order valence-corrected chi connectivity index (χ2v) is 7.71. The van der Waals surface area contributed by atoms with Crippen LogP contribution in [0.1, 0.15) is 30.5 Å². The molecule has 1 aromatic heterocycles. The lowest BCUT2D eigenvalue weighted by atomic mass is 10.0. The number of carbonyl (C=O) groups excluding carboxylic acids is 1. The van der Waals surface area contributed by atoms with Gasteiger partial charge in [-0.2, -0.15) is 0 Å². The minimum absolute atomic E-state index is 0.0140. The summed E-state index contributed by atoms with van der Waals surface area (Å²) in [5, 5.41) is 6.43. The molecule has 1 aliphatic rings. The summed E-state index contributed by atoms with van der Waals surface area (Å²) in [6.07, 6.45) is 4.34. The molecular weight excluding hydrogens is 374 g/mol. The number of nitrogens with zero attached hydrogens (tertiary/aromatic N) is 1. The van der Waals surface area contributed by atoms with E-state index in [-0.39, 0.29) is 24.1 Å². The van der Waals surface area contributed by atoms with Crippen molar-refractivity contribution in [1.29, 1.82) is 0 Å². The summed E-state index contributed by atoms with van der Waals surface area (Å²) in [6, 6.07) is 22.0. The Hall–Kier alpha value is -3.02. The molecule has 1 saturated heterocycles. The minimum atomic E-state index is -0.227. The van der Waals surface area contributed by atoms with Crippen molar-refractivity contribution in [2.75, 3.05) is 6.54 Å². The van der Waals surface area contributed by atoms with Crippen LogP contribution in [0, 0.1) is 0 Å². The van der Waals surface area contributed by atoms with Gasteiger partial charge in [0.05, 0.1) is 24.8 Å². The first-order valence-electron chi connectivity index (χ1n) is 10.4. The summed E-state index contributed by atoms with van der Waals surface area (Å²) in [4.78, 5) is 17.0. The van der Waals surface area contributed by atoms with E-state index >= 15 is 0 Å². The minimum Gasteiger partial charge on any atom is -0.372 e. The highest BCUT2D eigenvalue weighted by atomic mass is 16.5. The largest absolute Gasteiger partial charge is 0.372 e. The van der Waals surface area contributed by atoms with E-state index in [1.807, 2.05) is 67.7 Å². The lowest BCUT2D eigenvalue weighted by Gasteiger charge is -2.18. The molecule has 0 aliphatic carbocycles. The number of aromatic nitrogens is 1. The van der Waals surface area contributed by atoms with Crippen molar-refractivity contribution in [2.24, 2.45) is 0 Å². The standard InChI is InChI=1S/C25H27N3O2/c1-18(20-9-5-10-21(13-20)22-11-6-12-26-15-22)28-25(29)24-14-23(16-27-24)30-17-19-7-3-2-4-8-19/h2-13,15,18,23-24,27H,14,16-17H2,1H3,(H,28,29)/t18?,23?,24-/m0/s1. The van der Waals surface area contributed by atoms with Gasteiger partial charge >= 0.3 is 0 Å². The van der Waals surface area contributed by atoms with Crippen LogP contribution < -0.4 is 10.6 Å². The zero-order chi connectivity index (χ0) is 20.8. The molecular formula is C25H27N3O2. The summed E-state index contributed by atoms with van der Waals surface area (Å²) in [5.41, 5.74) is 4.37. The molecule has 2 aromatic carbocycles. The molecule has 2 N–H and O–H groups in total. The third-order valence-corrected chi connectivity index (χ3v) is 5.48. The molecule has 30 heavy (non-hydrogen) atoms. The third-order valence-electron chi connectivity index (χ3n) is 5.48. The maximum absolute atomic E-state index is 12.8. The molecule has 3 atom stereocenters. The van der Waals surface area contributed by atoms with Gasteiger partial charge in [-0.15, -0.1) is 0 Å². The van der Waals surface area contributed by atoms with E-state index in [2.05, 4.69) is 27.8 Å². The van der Waals surface area contributed by atoms with Gasteiger partial charge in [-0.3, -0.25) is 9.78 Å². The Balaban J connectivity index is 1.31. The zero-order valence-corrected chi connectivity index (χ0v) is 17.1. The summed E-state index contributed by atoms with van der Waals surface area (Å²) in [6.45, 7) is 3.27. The predicted molar refractivity (Wildman–Crippen MR) is 118 cm³/mol. The van der Waals surface area contributed by atoms with Crippen molar-refractivity contribution < 1.29 is 9.53 Å². The van der Waals surface area contributed by atoms with Gasteiger partial charge in [0.25, 0.3) is 0 Å². The van der Waals surface area contributed by atoms with Crippen molar-refractivity contribution in [2.45, 2.75) is 38.1 Å². The van der Waals surface area contributed by atoms with Crippen molar-refractivity contribution in [3.8, 4) is 11.1 Å². The topological polar surface area (TPSA) is 63.2 Å². The first-order chi connectivity index (χ1) is 14.7. The van der Waals surface area contributed by atoms with Crippen LogP contribution in [-0.4, -0.2) is 29.6 Å². The highest BCUT2D eigenvalue weighted by molar-refractivity contribution is 5.82. The number of ether oxygens (including phenoxy) is 1. The van der Waals surface area contributed by atoms with Gasteiger partial charge < -0.3 is 15.4 Å². The Morgan fingerprint density at radius 1 is 1.13 bits per heavy atom. The van der Waals surface area contributed by atoms with E-state index in [4.69, 9.17) is 4.74 Å². The van der Waals surface area contributed by atoms with Gasteiger partial charge in [-0.25, -0.2) is 0 Å². The molecule has 0 saturated carbocycles. The molecule has 0 radical (unpaired) electrons. The highest BCUT2D eigenvalue weighted by Crippen LogP contribution is 2.23. The summed E-state index contributed by atoms with van der Waals surface area (Å²) >= 11 is 0. The fourth-order valence-corrected chi connectivity index (χ4v) is 3.74. The van der Waals surface area contributed by atoms with Crippen molar-refractivity contribution in [1.82, 2.24) is 15.6 Å². The number of nitrogens with one attached hydrogen (secondary N) is 2. The Morgan fingerprint density at radius 3 is 2.77 bits per heavy atom. The lowest BCUT2D eigenvalue weighted by Crippen LogP contribution is -2.41. The quantitative estimate of drug-likeness (QED) is 0.631. The Bertz CT molecular complexity index is 962. The number of amides is 1. The van der Waals surface area contributed by atoms with Crippen LogP contribution in [0.15, 0.2) is 79.1 Å². The molecule has 0 bridgehead atoms. The molecule has 5 heteroatoms. The SMILES string of the molecule is CC(NC(=O)[C@@H]1CC(OCc2ccccc2)CN1)c1cccc(-c2cccnc2)c1. The molecule has 2 unspecified atom stereocenters. The highest BCUT2D eigenvalue weighted by Gasteiger charge is 2.30. The predicted octanol–water partition coefficient (Wildman–Crippen LogP) is 3.87. The lowest BCUT2D eigenvalue weighted by molar-refractivity contribution is -0.123. The molecule has 3 aromatic rings. The van der Waals surface area contributed by atoms with Gasteiger partial charge in [0.15, 0.2) is 0 Å². The average molecular weight is 402 g/mol. The van der Waals surface area contributed by atoms with Crippen LogP contribution in [0.3, 0.4) is 0 Å². The van der Waals surface area contributed by atoms with Crippen LogP contribution >= 0.6 is 0 Å². The normalized spacial score (nSPS) is 19.4. The molecule has 1 aliphatic heterocycles. The van der Waals surface area contributed by atoms with E-state index in [9.17, 15) is 4.79 Å². The van der Waals surface area contributed by atoms with E-state index in [0.29, 0.717) is 19.6 Å². The van der Waals surface area contributed by atoms with Gasteiger partial charge in [0.1, 0.15) is 0 Å². The number of rotatable bonds is 7. The van der Waals surface area contributed by atoms with E-state index in [1.54, 1.807) is 6.20 Å². The Labute approximate surface area is 177 Å². The summed E-state index contributed by atoms with van der Waals surface area (Å²) in [7, 11) is 0. The third kappa shape index (κ3) is 5.12. The monoisotopic (exact) mass is 401 g/mol. The maximum atomic E-state index is 12.8. The zero-order valence-electron chi connectivity index (χ0n) is 17.1. The number of hydrogen-bond acceptors (Lipinski definition) is 4. The maximum Gasteiger partial charge on any atom is 0.237 e. The van der Waals surface area contributed by atoms with Crippen LogP contribution in [0.2, 0.25) is 0 Å². The molecule has 0 spiro atoms. The first kappa shape index (κ1) is 20.3. The van der Waals surface area contributed by atoms with Gasteiger partial charge in [-0.1, -0.05) is 54.6 Å². The Kier molecular flexibility index (Phi) is 6.52. The first-order valence-corrected chi connectivity index (χ1v) is 10.4. The fourth-order valence-electron chi connectivity index (χ4n) is 3.74. The number of benzene rings is 2. The molecule has 1 fully saturated rings. The van der Waals surface area contributed by atoms with Crippen LogP contribution in [0.4, 0.5) is 0 Å². The second kappa shape index (κ2) is 9.65. The van der Waals surface area contributed by atoms with Gasteiger partial charge in [-0.05, 0) is 47.7 Å². The molecule has 5 nitrogen and oxygen atoms in total. The van der Waals surface area contributed by atoms with Crippen molar-refractivity contribution in [3.05, 3.63) is 90.3 Å². The van der Waals surface area contributed by atoms with E-state index in [0.717, 1.165) is 22.3 Å².